The molecule has 0 aliphatic rings. The van der Waals surface area contributed by atoms with Gasteiger partial charge < -0.3 is 5.11 Å². The zero-order valence-corrected chi connectivity index (χ0v) is 9.86. The molecule has 1 heterocycles. The van der Waals surface area contributed by atoms with Crippen molar-refractivity contribution in [2.24, 2.45) is 0 Å². The van der Waals surface area contributed by atoms with Gasteiger partial charge in [-0.05, 0) is 50.1 Å². The van der Waals surface area contributed by atoms with E-state index in [9.17, 15) is 0 Å². The Bertz CT molecular complexity index is 494. The van der Waals surface area contributed by atoms with Crippen LogP contribution in [0, 0.1) is 20.8 Å². The van der Waals surface area contributed by atoms with E-state index in [4.69, 9.17) is 5.11 Å². The molecule has 1 N–H and O–H groups in total. The summed E-state index contributed by atoms with van der Waals surface area (Å²) in [7, 11) is 0. The summed E-state index contributed by atoms with van der Waals surface area (Å²) in [5.74, 6) is 0. The summed E-state index contributed by atoms with van der Waals surface area (Å²) < 4.78 is 1.87. The normalized spacial score (nSPS) is 10.8. The van der Waals surface area contributed by atoms with E-state index < -0.39 is 0 Å². The van der Waals surface area contributed by atoms with Crippen LogP contribution in [0.1, 0.15) is 22.5 Å². The van der Waals surface area contributed by atoms with E-state index in [1.54, 1.807) is 0 Å². The molecule has 2 rings (SSSR count). The molecule has 0 saturated heterocycles. The molecule has 0 amide bonds. The molecule has 0 aliphatic heterocycles. The first kappa shape index (κ1) is 10.9. The summed E-state index contributed by atoms with van der Waals surface area (Å²) in [6, 6.07) is 8.22. The molecule has 0 aliphatic carbocycles. The number of aliphatic hydroxyl groups is 1. The lowest BCUT2D eigenvalue weighted by Crippen LogP contribution is -2.00. The van der Waals surface area contributed by atoms with Gasteiger partial charge in [-0.1, -0.05) is 6.07 Å². The maximum Gasteiger partial charge on any atom is 0.0886 e. The second-order valence-electron chi connectivity index (χ2n) is 4.19. The van der Waals surface area contributed by atoms with Crippen molar-refractivity contribution in [2.75, 3.05) is 0 Å². The number of aryl methyl sites for hydroxylation is 3. The monoisotopic (exact) mass is 216 g/mol. The highest BCUT2D eigenvalue weighted by Crippen LogP contribution is 2.16. The van der Waals surface area contributed by atoms with Crippen LogP contribution < -0.4 is 0 Å². The van der Waals surface area contributed by atoms with Gasteiger partial charge in [0, 0.05) is 5.69 Å². The van der Waals surface area contributed by atoms with E-state index in [1.807, 2.05) is 17.7 Å². The van der Waals surface area contributed by atoms with Crippen molar-refractivity contribution in [3.8, 4) is 5.69 Å². The largest absolute Gasteiger partial charge is 0.390 e. The Morgan fingerprint density at radius 1 is 1.06 bits per heavy atom. The third-order valence-electron chi connectivity index (χ3n) is 2.55. The Hall–Kier alpha value is -1.61. The summed E-state index contributed by atoms with van der Waals surface area (Å²) in [6.07, 6.45) is 0. The van der Waals surface area contributed by atoms with Gasteiger partial charge >= 0.3 is 0 Å². The topological polar surface area (TPSA) is 38.0 Å². The van der Waals surface area contributed by atoms with Gasteiger partial charge in [-0.3, -0.25) is 0 Å². The van der Waals surface area contributed by atoms with Crippen molar-refractivity contribution >= 4 is 0 Å². The van der Waals surface area contributed by atoms with Gasteiger partial charge in [0.25, 0.3) is 0 Å². The number of aromatic nitrogens is 2. The first-order chi connectivity index (χ1) is 7.60. The molecule has 1 aromatic heterocycles. The number of rotatable bonds is 2. The number of hydrogen-bond acceptors (Lipinski definition) is 2. The Morgan fingerprint density at radius 2 is 1.69 bits per heavy atom. The molecule has 16 heavy (non-hydrogen) atoms. The van der Waals surface area contributed by atoms with Gasteiger partial charge in [0.15, 0.2) is 0 Å². The minimum absolute atomic E-state index is 0.0152. The van der Waals surface area contributed by atoms with Crippen LogP contribution in [0.5, 0.6) is 0 Å². The van der Waals surface area contributed by atoms with Crippen molar-refractivity contribution in [3.63, 3.8) is 0 Å². The third kappa shape index (κ3) is 1.99. The van der Waals surface area contributed by atoms with Gasteiger partial charge in [0.2, 0.25) is 0 Å². The third-order valence-corrected chi connectivity index (χ3v) is 2.55. The Balaban J connectivity index is 2.53. The molecule has 3 heteroatoms. The molecule has 1 aromatic carbocycles. The lowest BCUT2D eigenvalue weighted by molar-refractivity contribution is 0.276. The van der Waals surface area contributed by atoms with Crippen LogP contribution >= 0.6 is 0 Å². The molecule has 0 unspecified atom stereocenters. The molecule has 0 spiro atoms. The lowest BCUT2D eigenvalue weighted by Gasteiger charge is -2.06. The maximum absolute atomic E-state index is 9.06. The summed E-state index contributed by atoms with van der Waals surface area (Å²) in [4.78, 5) is 0. The average Bonchev–Trinajstić information content (AvgIpc) is 2.58. The quantitative estimate of drug-likeness (QED) is 0.836. The van der Waals surface area contributed by atoms with E-state index in [2.05, 4.69) is 37.1 Å². The zero-order chi connectivity index (χ0) is 11.7. The van der Waals surface area contributed by atoms with Gasteiger partial charge in [0.1, 0.15) is 0 Å². The number of aliphatic hydroxyl groups excluding tert-OH is 1. The summed E-state index contributed by atoms with van der Waals surface area (Å²) in [5, 5.41) is 13.4. The van der Waals surface area contributed by atoms with Crippen LogP contribution in [0.25, 0.3) is 5.69 Å². The van der Waals surface area contributed by atoms with Crippen LogP contribution in [0.4, 0.5) is 0 Å². The fourth-order valence-electron chi connectivity index (χ4n) is 1.95. The Kier molecular flexibility index (Phi) is 2.79. The van der Waals surface area contributed by atoms with Crippen molar-refractivity contribution in [3.05, 3.63) is 46.8 Å². The van der Waals surface area contributed by atoms with Gasteiger partial charge in [-0.25, -0.2) is 4.68 Å². The fraction of sp³-hybridized carbons (Fsp3) is 0.308. The Labute approximate surface area is 95.3 Å². The second-order valence-corrected chi connectivity index (χ2v) is 4.19. The number of benzene rings is 1. The van der Waals surface area contributed by atoms with E-state index in [1.165, 1.54) is 11.1 Å². The predicted octanol–water partition coefficient (Wildman–Crippen LogP) is 2.29. The van der Waals surface area contributed by atoms with Gasteiger partial charge in [-0.2, -0.15) is 5.10 Å². The molecule has 3 nitrogen and oxygen atoms in total. The van der Waals surface area contributed by atoms with E-state index in [-0.39, 0.29) is 6.61 Å². The summed E-state index contributed by atoms with van der Waals surface area (Å²) in [6.45, 7) is 6.12. The van der Waals surface area contributed by atoms with Crippen LogP contribution in [0.2, 0.25) is 0 Å². The smallest absolute Gasteiger partial charge is 0.0886 e. The van der Waals surface area contributed by atoms with Gasteiger partial charge in [0.05, 0.1) is 18.0 Å². The molecule has 0 radical (unpaired) electrons. The van der Waals surface area contributed by atoms with E-state index in [0.29, 0.717) is 5.69 Å². The average molecular weight is 216 g/mol. The second kappa shape index (κ2) is 4.10. The minimum atomic E-state index is -0.0152. The van der Waals surface area contributed by atoms with Crippen LogP contribution in [0.3, 0.4) is 0 Å². The molecule has 2 aromatic rings. The van der Waals surface area contributed by atoms with Crippen molar-refractivity contribution in [1.29, 1.82) is 0 Å². The van der Waals surface area contributed by atoms with Crippen molar-refractivity contribution in [1.82, 2.24) is 9.78 Å². The van der Waals surface area contributed by atoms with Crippen LogP contribution in [-0.4, -0.2) is 14.9 Å². The maximum atomic E-state index is 9.06. The van der Waals surface area contributed by atoms with Crippen molar-refractivity contribution < 1.29 is 5.11 Å². The fourth-order valence-corrected chi connectivity index (χ4v) is 1.95. The van der Waals surface area contributed by atoms with Crippen LogP contribution in [0.15, 0.2) is 24.3 Å². The van der Waals surface area contributed by atoms with Crippen molar-refractivity contribution in [2.45, 2.75) is 27.4 Å². The minimum Gasteiger partial charge on any atom is -0.390 e. The first-order valence-electron chi connectivity index (χ1n) is 5.35. The molecule has 0 bridgehead atoms. The molecular formula is C13H16N2O. The first-order valence-corrected chi connectivity index (χ1v) is 5.35. The van der Waals surface area contributed by atoms with E-state index in [0.717, 1.165) is 11.4 Å². The molecule has 0 atom stereocenters. The predicted molar refractivity (Wildman–Crippen MR) is 63.7 cm³/mol. The van der Waals surface area contributed by atoms with E-state index >= 15 is 0 Å². The lowest BCUT2D eigenvalue weighted by atomic mass is 10.1. The number of hydrogen-bond donors (Lipinski definition) is 1. The van der Waals surface area contributed by atoms with Crippen LogP contribution in [-0.2, 0) is 6.61 Å². The highest BCUT2D eigenvalue weighted by atomic mass is 16.3. The standard InChI is InChI=1S/C13H16N2O/c1-9-4-10(2)6-13(5-9)15-11(3)7-12(8-16)14-15/h4-7,16H,8H2,1-3H3. The summed E-state index contributed by atoms with van der Waals surface area (Å²) >= 11 is 0. The Morgan fingerprint density at radius 3 is 2.19 bits per heavy atom. The molecule has 84 valence electrons. The molecule has 0 fully saturated rings. The highest BCUT2D eigenvalue weighted by molar-refractivity contribution is 5.40. The number of nitrogens with zero attached hydrogens (tertiary/aromatic N) is 2. The SMILES string of the molecule is Cc1cc(C)cc(-n2nc(CO)cc2C)c1. The zero-order valence-electron chi connectivity index (χ0n) is 9.86. The molecular weight excluding hydrogens is 200 g/mol. The van der Waals surface area contributed by atoms with Gasteiger partial charge in [-0.15, -0.1) is 0 Å². The molecule has 0 saturated carbocycles. The summed E-state index contributed by atoms with van der Waals surface area (Å²) in [5.41, 5.74) is 5.23. The highest BCUT2D eigenvalue weighted by Gasteiger charge is 2.06.